The van der Waals surface area contributed by atoms with Crippen LogP contribution in [-0.4, -0.2) is 95.9 Å². The quantitative estimate of drug-likeness (QED) is 0.0146. The topological polar surface area (TPSA) is 231 Å². The van der Waals surface area contributed by atoms with Crippen LogP contribution in [0.1, 0.15) is 355 Å². The summed E-state index contributed by atoms with van der Waals surface area (Å²) in [4.78, 5) is 58.9. The molecule has 0 heterocycles. The molecule has 0 saturated carbocycles. The molecule has 113 heavy (non-hydrogen) atoms. The lowest BCUT2D eigenvalue weighted by Gasteiger charge is -2.21. The summed E-state index contributed by atoms with van der Waals surface area (Å²) in [6.07, 6.45) is 111. The number of carbonyl (C=O) groups excluding carboxylic acids is 3. The zero-order valence-corrected chi connectivity index (χ0v) is 72.8. The Hall–Kier alpha value is -5.09. The van der Waals surface area contributed by atoms with E-state index in [0.717, 1.165) is 167 Å². The number of carbonyl (C=O) groups is 3. The van der Waals surface area contributed by atoms with Crippen LogP contribution in [0.15, 0.2) is 170 Å². The minimum Gasteiger partial charge on any atom is -0.463 e. The van der Waals surface area contributed by atoms with E-state index in [-0.39, 0.29) is 19.3 Å². The molecule has 0 radical (unpaired) electrons. The van der Waals surface area contributed by atoms with Gasteiger partial charge < -0.3 is 34.2 Å². The van der Waals surface area contributed by atoms with Crippen molar-refractivity contribution in [2.24, 2.45) is 0 Å². The summed E-state index contributed by atoms with van der Waals surface area (Å²) in [5.41, 5.74) is 0. The average Bonchev–Trinajstić information content (AvgIpc) is 0.902. The van der Waals surface area contributed by atoms with Crippen molar-refractivity contribution < 1.29 is 75.8 Å². The van der Waals surface area contributed by atoms with Crippen molar-refractivity contribution in [1.29, 1.82) is 0 Å². The third kappa shape index (κ3) is 87.6. The maximum absolute atomic E-state index is 13.0. The zero-order chi connectivity index (χ0) is 82.2. The maximum atomic E-state index is 13.0. The molecule has 0 aromatic heterocycles. The molecule has 0 spiro atoms. The third-order valence-corrected chi connectivity index (χ3v) is 20.3. The van der Waals surface area contributed by atoms with Crippen molar-refractivity contribution >= 4 is 33.6 Å². The predicted octanol–water partition coefficient (Wildman–Crippen LogP) is 27.1. The fourth-order valence-corrected chi connectivity index (χ4v) is 13.3. The van der Waals surface area contributed by atoms with Gasteiger partial charge in [0.1, 0.15) is 25.4 Å². The van der Waals surface area contributed by atoms with E-state index in [9.17, 15) is 43.5 Å². The molecule has 0 amide bonds. The van der Waals surface area contributed by atoms with E-state index in [1.54, 1.807) is 0 Å². The number of aliphatic hydroxyl groups excluding tert-OH is 2. The summed E-state index contributed by atoms with van der Waals surface area (Å²) in [5.74, 6) is -1.62. The fourth-order valence-electron chi connectivity index (χ4n) is 11.7. The van der Waals surface area contributed by atoms with Crippen LogP contribution in [0.25, 0.3) is 0 Å². The molecular formula is C95H160O16P2. The summed E-state index contributed by atoms with van der Waals surface area (Å²) in [6, 6.07) is 0. The van der Waals surface area contributed by atoms with Crippen molar-refractivity contribution in [1.82, 2.24) is 0 Å². The molecule has 0 saturated heterocycles. The highest BCUT2D eigenvalue weighted by atomic mass is 31.2. The van der Waals surface area contributed by atoms with Crippen LogP contribution in [0.3, 0.4) is 0 Å². The van der Waals surface area contributed by atoms with Gasteiger partial charge in [0.2, 0.25) is 0 Å². The Morgan fingerprint density at radius 2 is 0.469 bits per heavy atom. The molecule has 0 aliphatic heterocycles. The fraction of sp³-hybridized carbons (Fsp3) is 0.674. The monoisotopic (exact) mass is 1620 g/mol. The van der Waals surface area contributed by atoms with Gasteiger partial charge >= 0.3 is 33.6 Å². The van der Waals surface area contributed by atoms with Gasteiger partial charge in [0.05, 0.1) is 26.4 Å². The van der Waals surface area contributed by atoms with Crippen molar-refractivity contribution in [2.75, 3.05) is 39.6 Å². The molecule has 0 aromatic carbocycles. The lowest BCUT2D eigenvalue weighted by atomic mass is 10.0. The number of phosphoric acid groups is 2. The molecule has 16 nitrogen and oxygen atoms in total. The predicted molar refractivity (Wildman–Crippen MR) is 472 cm³/mol. The lowest BCUT2D eigenvalue weighted by Crippen LogP contribution is -2.30. The second-order valence-electron chi connectivity index (χ2n) is 29.3. The minimum absolute atomic E-state index is 0.0573. The molecule has 5 unspecified atom stereocenters. The lowest BCUT2D eigenvalue weighted by molar-refractivity contribution is -0.161. The molecule has 5 atom stereocenters. The minimum atomic E-state index is -4.95. The normalized spacial score (nSPS) is 14.6. The molecule has 18 heteroatoms. The first-order chi connectivity index (χ1) is 55.2. The van der Waals surface area contributed by atoms with Crippen LogP contribution < -0.4 is 0 Å². The Morgan fingerprint density at radius 1 is 0.257 bits per heavy atom. The van der Waals surface area contributed by atoms with Crippen LogP contribution in [0.2, 0.25) is 0 Å². The van der Waals surface area contributed by atoms with Gasteiger partial charge in [-0.15, -0.1) is 0 Å². The van der Waals surface area contributed by atoms with E-state index in [2.05, 4.69) is 191 Å². The summed E-state index contributed by atoms with van der Waals surface area (Å²) in [5, 5.41) is 20.7. The number of phosphoric ester groups is 2. The average molecular weight is 1620 g/mol. The first kappa shape index (κ1) is 108. The van der Waals surface area contributed by atoms with Crippen LogP contribution in [-0.2, 0) is 55.8 Å². The van der Waals surface area contributed by atoms with E-state index in [4.69, 9.17) is 32.3 Å². The van der Waals surface area contributed by atoms with E-state index >= 15 is 0 Å². The number of rotatable bonds is 83. The Bertz CT molecular complexity index is 2730. The number of hydrogen-bond acceptors (Lipinski definition) is 14. The highest BCUT2D eigenvalue weighted by molar-refractivity contribution is 7.47. The van der Waals surface area contributed by atoms with Crippen LogP contribution in [0, 0.1) is 0 Å². The number of allylic oxidation sites excluding steroid dienone is 28. The Morgan fingerprint density at radius 3 is 0.752 bits per heavy atom. The SMILES string of the molecule is CC/C=C\C/C=C\C/C=C\C/C=C\C/C=C\CCCCCCCCCC(=O)OCC(COP(=O)(O)OCC(O)COP(=O)(O)OCC(O)COC(=O)CCCCCCCCCCCCCCCCCCCCC/C=C\C/C=C\C/C=C\C/C=C\CCCCC)OC(=O)CCCCC/C=C\C/C=C\C/C=C\C/C=C\C/C=C\CC. The van der Waals surface area contributed by atoms with Gasteiger partial charge in [-0.05, 0) is 154 Å². The third-order valence-electron chi connectivity index (χ3n) is 18.4. The number of hydrogen-bond donors (Lipinski definition) is 4. The molecule has 0 aliphatic carbocycles. The van der Waals surface area contributed by atoms with E-state index < -0.39 is 91.5 Å². The molecule has 0 aromatic rings. The van der Waals surface area contributed by atoms with Gasteiger partial charge in [0.25, 0.3) is 0 Å². The van der Waals surface area contributed by atoms with Gasteiger partial charge in [0.15, 0.2) is 6.10 Å². The van der Waals surface area contributed by atoms with Crippen molar-refractivity contribution in [2.45, 2.75) is 373 Å². The highest BCUT2D eigenvalue weighted by Gasteiger charge is 2.29. The summed E-state index contributed by atoms with van der Waals surface area (Å²) >= 11 is 0. The van der Waals surface area contributed by atoms with Gasteiger partial charge in [-0.3, -0.25) is 32.5 Å². The summed E-state index contributed by atoms with van der Waals surface area (Å²) in [6.45, 7) is 2.39. The second kappa shape index (κ2) is 86.3. The second-order valence-corrected chi connectivity index (χ2v) is 32.2. The molecule has 0 rings (SSSR count). The molecule has 646 valence electrons. The summed E-state index contributed by atoms with van der Waals surface area (Å²) in [7, 11) is -9.82. The Labute approximate surface area is 688 Å². The maximum Gasteiger partial charge on any atom is 0.472 e. The number of ether oxygens (including phenoxy) is 3. The zero-order valence-electron chi connectivity index (χ0n) is 71.0. The van der Waals surface area contributed by atoms with Gasteiger partial charge in [-0.1, -0.05) is 351 Å². The van der Waals surface area contributed by atoms with E-state index in [0.29, 0.717) is 19.3 Å². The number of unbranched alkanes of at least 4 members (excludes halogenated alkanes) is 32. The van der Waals surface area contributed by atoms with Gasteiger partial charge in [-0.2, -0.15) is 0 Å². The molecular weight excluding hydrogens is 1460 g/mol. The number of esters is 3. The van der Waals surface area contributed by atoms with E-state index in [1.165, 1.54) is 128 Å². The van der Waals surface area contributed by atoms with Crippen molar-refractivity contribution in [3.05, 3.63) is 170 Å². The van der Waals surface area contributed by atoms with Gasteiger partial charge in [-0.25, -0.2) is 9.13 Å². The number of aliphatic hydroxyl groups is 2. The first-order valence-corrected chi connectivity index (χ1v) is 47.4. The van der Waals surface area contributed by atoms with Gasteiger partial charge in [0, 0.05) is 19.3 Å². The molecule has 0 aliphatic rings. The van der Waals surface area contributed by atoms with Crippen LogP contribution in [0.5, 0.6) is 0 Å². The highest BCUT2D eigenvalue weighted by Crippen LogP contribution is 2.45. The van der Waals surface area contributed by atoms with E-state index in [1.807, 2.05) is 0 Å². The molecule has 0 bridgehead atoms. The van der Waals surface area contributed by atoms with Crippen LogP contribution in [0.4, 0.5) is 0 Å². The molecule has 4 N–H and O–H groups in total. The van der Waals surface area contributed by atoms with Crippen molar-refractivity contribution in [3.63, 3.8) is 0 Å². The van der Waals surface area contributed by atoms with Crippen molar-refractivity contribution in [3.8, 4) is 0 Å². The Kier molecular flexibility index (Phi) is 82.4. The molecule has 0 fully saturated rings. The Balaban J connectivity index is 4.52. The standard InChI is InChI=1S/C95H160O16P2/c1-4-7-10-13-16-19-22-25-28-31-34-36-38-39-40-41-42-43-44-45-46-47-48-49-51-53-55-57-60-63-66-69-72-75-78-81-93(98)105-84-90(96)85-107-112(101,102)108-86-91(97)87-109-113(103,104)110-89-92(111-95(100)83-80-77-74-71-68-65-62-59-54-33-30-27-24-21-18-15-12-9-6-3)88-106-94(99)82-79-76-73-70-67-64-61-58-56-52-50-37-35-32-29-26-23-20-17-14-11-8-5-2/h8-9,11-12,16-21,25-30,34-37,39-40,52,54,56,59,65,68,90-92,96-97H,4-7,10,13-15,22-24,31-33,38,41-51,53,55,57-58,60-64,66-67,69-89H2,1-3H3,(H,101,102)(H,103,104)/b11-8-,12-9-,19-16-,20-17-,21-18-,28-25-,29-26-,30-27-,36-34-,37-35-,40-39-,56-52-,59-54-,68-65-. The van der Waals surface area contributed by atoms with Crippen LogP contribution >= 0.6 is 15.6 Å². The smallest absolute Gasteiger partial charge is 0.463 e. The first-order valence-electron chi connectivity index (χ1n) is 44.4. The largest absolute Gasteiger partial charge is 0.472 e. The summed E-state index contributed by atoms with van der Waals surface area (Å²) < 4.78 is 61.3.